The number of nitrogens with one attached hydrogen (secondary N) is 1. The zero-order valence-electron chi connectivity index (χ0n) is 12.4. The molecule has 0 saturated carbocycles. The highest BCUT2D eigenvalue weighted by Gasteiger charge is 2.20. The molecular formula is C16H21BrClN3. The number of halogens is 2. The Labute approximate surface area is 139 Å². The predicted octanol–water partition coefficient (Wildman–Crippen LogP) is 4.80. The Morgan fingerprint density at radius 2 is 2.14 bits per heavy atom. The van der Waals surface area contributed by atoms with Crippen LogP contribution in [0.1, 0.15) is 44.1 Å². The highest BCUT2D eigenvalue weighted by Crippen LogP contribution is 2.30. The molecule has 2 aromatic rings. The minimum Gasteiger partial charge on any atom is -0.333 e. The number of aromatic nitrogens is 2. The van der Waals surface area contributed by atoms with Crippen molar-refractivity contribution in [2.24, 2.45) is 0 Å². The van der Waals surface area contributed by atoms with E-state index in [9.17, 15) is 0 Å². The molecule has 1 heterocycles. The molecule has 114 valence electrons. The van der Waals surface area contributed by atoms with E-state index in [-0.39, 0.29) is 6.04 Å². The highest BCUT2D eigenvalue weighted by atomic mass is 79.9. The smallest absolute Gasteiger partial charge is 0.130 e. The van der Waals surface area contributed by atoms with Crippen molar-refractivity contribution in [1.82, 2.24) is 14.9 Å². The van der Waals surface area contributed by atoms with E-state index in [0.717, 1.165) is 46.8 Å². The molecule has 1 aromatic heterocycles. The zero-order valence-corrected chi connectivity index (χ0v) is 14.8. The van der Waals surface area contributed by atoms with Crippen LogP contribution in [0, 0.1) is 0 Å². The van der Waals surface area contributed by atoms with Gasteiger partial charge in [-0.05, 0) is 37.1 Å². The number of nitrogens with zero attached hydrogens (tertiary/aromatic N) is 2. The fraction of sp³-hybridized carbons (Fsp3) is 0.438. The lowest BCUT2D eigenvalue weighted by atomic mass is 10.1. The van der Waals surface area contributed by atoms with Crippen LogP contribution in [0.4, 0.5) is 0 Å². The topological polar surface area (TPSA) is 29.9 Å². The third kappa shape index (κ3) is 4.09. The second kappa shape index (κ2) is 7.97. The lowest BCUT2D eigenvalue weighted by molar-refractivity contribution is 0.530. The van der Waals surface area contributed by atoms with Gasteiger partial charge in [-0.3, -0.25) is 0 Å². The van der Waals surface area contributed by atoms with Crippen LogP contribution >= 0.6 is 27.5 Å². The summed E-state index contributed by atoms with van der Waals surface area (Å²) in [6, 6.07) is 6.04. The molecule has 5 heteroatoms. The molecule has 0 aliphatic carbocycles. The number of imidazole rings is 1. The molecule has 21 heavy (non-hydrogen) atoms. The fourth-order valence-corrected chi connectivity index (χ4v) is 3.16. The van der Waals surface area contributed by atoms with Gasteiger partial charge in [0.15, 0.2) is 0 Å². The highest BCUT2D eigenvalue weighted by molar-refractivity contribution is 9.10. The van der Waals surface area contributed by atoms with Gasteiger partial charge in [-0.25, -0.2) is 4.98 Å². The summed E-state index contributed by atoms with van der Waals surface area (Å²) in [6.45, 7) is 6.22. The van der Waals surface area contributed by atoms with Crippen molar-refractivity contribution < 1.29 is 0 Å². The molecule has 1 atom stereocenters. The van der Waals surface area contributed by atoms with Gasteiger partial charge in [0.25, 0.3) is 0 Å². The summed E-state index contributed by atoms with van der Waals surface area (Å²) >= 11 is 9.90. The normalized spacial score (nSPS) is 12.6. The van der Waals surface area contributed by atoms with Crippen molar-refractivity contribution in [2.45, 2.75) is 39.3 Å². The lowest BCUT2D eigenvalue weighted by Crippen LogP contribution is -2.26. The molecule has 0 bridgehead atoms. The van der Waals surface area contributed by atoms with Gasteiger partial charge in [-0.1, -0.05) is 47.4 Å². The van der Waals surface area contributed by atoms with Gasteiger partial charge in [0.05, 0.1) is 6.04 Å². The summed E-state index contributed by atoms with van der Waals surface area (Å²) in [6.07, 6.45) is 6.04. The van der Waals surface area contributed by atoms with Crippen LogP contribution in [0.25, 0.3) is 0 Å². The van der Waals surface area contributed by atoms with Gasteiger partial charge in [0.1, 0.15) is 5.82 Å². The molecule has 0 fully saturated rings. The number of hydrogen-bond donors (Lipinski definition) is 1. The van der Waals surface area contributed by atoms with Gasteiger partial charge in [0.2, 0.25) is 0 Å². The Hall–Kier alpha value is -0.840. The van der Waals surface area contributed by atoms with Crippen molar-refractivity contribution in [2.75, 3.05) is 6.54 Å². The average Bonchev–Trinajstić information content (AvgIpc) is 2.90. The van der Waals surface area contributed by atoms with Crippen LogP contribution < -0.4 is 5.32 Å². The van der Waals surface area contributed by atoms with Gasteiger partial charge in [-0.2, -0.15) is 0 Å². The van der Waals surface area contributed by atoms with E-state index >= 15 is 0 Å². The SMILES string of the molecule is CCCNC(c1ccc(Br)cc1Cl)c1nccn1CCC. The first-order chi connectivity index (χ1) is 10.2. The van der Waals surface area contributed by atoms with Gasteiger partial charge < -0.3 is 9.88 Å². The summed E-state index contributed by atoms with van der Waals surface area (Å²) in [5.41, 5.74) is 1.07. The maximum atomic E-state index is 6.44. The second-order valence-corrected chi connectivity index (χ2v) is 6.35. The Kier molecular flexibility index (Phi) is 6.27. The monoisotopic (exact) mass is 369 g/mol. The largest absolute Gasteiger partial charge is 0.333 e. The maximum Gasteiger partial charge on any atom is 0.130 e. The number of benzene rings is 1. The van der Waals surface area contributed by atoms with Gasteiger partial charge in [0, 0.05) is 28.4 Å². The Morgan fingerprint density at radius 3 is 2.81 bits per heavy atom. The molecule has 1 unspecified atom stereocenters. The molecule has 0 saturated heterocycles. The minimum atomic E-state index is 0.0205. The van der Waals surface area contributed by atoms with E-state index in [0.29, 0.717) is 0 Å². The first kappa shape index (κ1) is 16.5. The molecule has 0 aliphatic rings. The summed E-state index contributed by atoms with van der Waals surface area (Å²) < 4.78 is 3.19. The number of hydrogen-bond acceptors (Lipinski definition) is 2. The average molecular weight is 371 g/mol. The summed E-state index contributed by atoms with van der Waals surface area (Å²) in [5, 5.41) is 4.32. The Bertz CT molecular complexity index is 583. The molecule has 3 nitrogen and oxygen atoms in total. The van der Waals surface area contributed by atoms with Crippen molar-refractivity contribution in [1.29, 1.82) is 0 Å². The molecule has 0 radical (unpaired) electrons. The summed E-state index contributed by atoms with van der Waals surface area (Å²) in [4.78, 5) is 4.56. The maximum absolute atomic E-state index is 6.44. The molecule has 0 amide bonds. The Morgan fingerprint density at radius 1 is 1.33 bits per heavy atom. The van der Waals surface area contributed by atoms with Crippen LogP contribution in [-0.4, -0.2) is 16.1 Å². The molecule has 1 aromatic carbocycles. The molecule has 2 rings (SSSR count). The molecule has 1 N–H and O–H groups in total. The zero-order chi connectivity index (χ0) is 15.2. The van der Waals surface area contributed by atoms with Crippen molar-refractivity contribution in [3.63, 3.8) is 0 Å². The van der Waals surface area contributed by atoms with E-state index in [2.05, 4.69) is 50.7 Å². The van der Waals surface area contributed by atoms with Gasteiger partial charge >= 0.3 is 0 Å². The van der Waals surface area contributed by atoms with Crippen molar-refractivity contribution >= 4 is 27.5 Å². The lowest BCUT2D eigenvalue weighted by Gasteiger charge is -2.21. The first-order valence-corrected chi connectivity index (χ1v) is 8.53. The van der Waals surface area contributed by atoms with Crippen LogP contribution in [-0.2, 0) is 6.54 Å². The van der Waals surface area contributed by atoms with Crippen LogP contribution in [0.15, 0.2) is 35.1 Å². The van der Waals surface area contributed by atoms with Crippen molar-refractivity contribution in [3.05, 3.63) is 51.5 Å². The predicted molar refractivity (Wildman–Crippen MR) is 91.8 cm³/mol. The van der Waals surface area contributed by atoms with Crippen LogP contribution in [0.5, 0.6) is 0 Å². The third-order valence-corrected chi connectivity index (χ3v) is 4.16. The van der Waals surface area contributed by atoms with E-state index in [4.69, 9.17) is 11.6 Å². The summed E-state index contributed by atoms with van der Waals surface area (Å²) in [5.74, 6) is 1.02. The standard InChI is InChI=1S/C16H21BrClN3/c1-3-7-19-15(13-6-5-12(17)11-14(13)18)16-20-8-10-21(16)9-4-2/h5-6,8,10-11,15,19H,3-4,7,9H2,1-2H3. The molecule has 0 spiro atoms. The van der Waals surface area contributed by atoms with E-state index in [1.165, 1.54) is 0 Å². The third-order valence-electron chi connectivity index (χ3n) is 3.34. The van der Waals surface area contributed by atoms with Crippen LogP contribution in [0.3, 0.4) is 0 Å². The second-order valence-electron chi connectivity index (χ2n) is 5.03. The van der Waals surface area contributed by atoms with Crippen molar-refractivity contribution in [3.8, 4) is 0 Å². The summed E-state index contributed by atoms with van der Waals surface area (Å²) in [7, 11) is 0. The van der Waals surface area contributed by atoms with E-state index < -0.39 is 0 Å². The minimum absolute atomic E-state index is 0.0205. The molecule has 0 aliphatic heterocycles. The quantitative estimate of drug-likeness (QED) is 0.759. The number of aryl methyl sites for hydroxylation is 1. The van der Waals surface area contributed by atoms with Crippen LogP contribution in [0.2, 0.25) is 5.02 Å². The fourth-order valence-electron chi connectivity index (χ4n) is 2.38. The molecular weight excluding hydrogens is 350 g/mol. The first-order valence-electron chi connectivity index (χ1n) is 7.36. The van der Waals surface area contributed by atoms with Gasteiger partial charge in [-0.15, -0.1) is 0 Å². The Balaban J connectivity index is 2.39. The number of rotatable bonds is 7. The van der Waals surface area contributed by atoms with E-state index in [1.807, 2.05) is 24.5 Å². The van der Waals surface area contributed by atoms with E-state index in [1.54, 1.807) is 0 Å².